The number of carbonyl (C=O) groups is 2. The lowest BCUT2D eigenvalue weighted by molar-refractivity contribution is -0.125. The van der Waals surface area contributed by atoms with Gasteiger partial charge in [0.2, 0.25) is 5.91 Å². The Morgan fingerprint density at radius 3 is 2.23 bits per heavy atom. The van der Waals surface area contributed by atoms with E-state index in [-0.39, 0.29) is 16.8 Å². The highest BCUT2D eigenvalue weighted by Crippen LogP contribution is 2.22. The van der Waals surface area contributed by atoms with Crippen LogP contribution in [0.2, 0.25) is 0 Å². The standard InChI is InChI=1S/C22H29N3O5S/c1-24(2)20(17-7-6-8-18(13-17)30-5)14-23-22(27)16-9-11-19(12-10-16)31(28,29)15-21(26)25(3)4/h6-13,20H,14-15H2,1-5H3,(H,23,27)/t20-/m1/s1. The smallest absolute Gasteiger partial charge is 0.251 e. The second kappa shape index (κ2) is 10.4. The summed E-state index contributed by atoms with van der Waals surface area (Å²) >= 11 is 0. The topological polar surface area (TPSA) is 96.0 Å². The largest absolute Gasteiger partial charge is 0.497 e. The zero-order valence-corrected chi connectivity index (χ0v) is 19.3. The number of sulfone groups is 1. The molecule has 0 saturated heterocycles. The Bertz CT molecular complexity index is 1020. The van der Waals surface area contributed by atoms with E-state index >= 15 is 0 Å². The van der Waals surface area contributed by atoms with Crippen molar-refractivity contribution in [3.63, 3.8) is 0 Å². The highest BCUT2D eigenvalue weighted by atomic mass is 32.2. The molecule has 0 aliphatic carbocycles. The minimum Gasteiger partial charge on any atom is -0.497 e. The molecule has 0 aliphatic heterocycles. The fourth-order valence-corrected chi connectivity index (χ4v) is 4.23. The van der Waals surface area contributed by atoms with Gasteiger partial charge in [0, 0.05) is 26.2 Å². The number of likely N-dealkylation sites (N-methyl/N-ethyl adjacent to an activating group) is 1. The SMILES string of the molecule is COc1cccc([C@@H](CNC(=O)c2ccc(S(=O)(=O)CC(=O)N(C)C)cc2)N(C)C)c1. The summed E-state index contributed by atoms with van der Waals surface area (Å²) in [6.07, 6.45) is 0. The van der Waals surface area contributed by atoms with Gasteiger partial charge in [0.25, 0.3) is 5.91 Å². The second-order valence-corrected chi connectivity index (χ2v) is 9.53. The van der Waals surface area contributed by atoms with E-state index in [1.165, 1.54) is 43.3 Å². The van der Waals surface area contributed by atoms with Crippen molar-refractivity contribution in [1.82, 2.24) is 15.1 Å². The van der Waals surface area contributed by atoms with Crippen LogP contribution >= 0.6 is 0 Å². The lowest BCUT2D eigenvalue weighted by Gasteiger charge is -2.25. The van der Waals surface area contributed by atoms with Crippen molar-refractivity contribution in [2.24, 2.45) is 0 Å². The molecule has 0 heterocycles. The van der Waals surface area contributed by atoms with Gasteiger partial charge >= 0.3 is 0 Å². The van der Waals surface area contributed by atoms with Crippen molar-refractivity contribution < 1.29 is 22.7 Å². The highest BCUT2D eigenvalue weighted by Gasteiger charge is 2.21. The van der Waals surface area contributed by atoms with Gasteiger partial charge in [-0.2, -0.15) is 0 Å². The van der Waals surface area contributed by atoms with Crippen LogP contribution in [0.15, 0.2) is 53.4 Å². The lowest BCUT2D eigenvalue weighted by atomic mass is 10.1. The fourth-order valence-electron chi connectivity index (χ4n) is 2.93. The maximum Gasteiger partial charge on any atom is 0.251 e. The molecule has 0 saturated carbocycles. The molecule has 0 unspecified atom stereocenters. The Morgan fingerprint density at radius 2 is 1.68 bits per heavy atom. The molecule has 0 bridgehead atoms. The number of ether oxygens (including phenoxy) is 1. The number of nitrogens with zero attached hydrogens (tertiary/aromatic N) is 2. The number of benzene rings is 2. The number of nitrogens with one attached hydrogen (secondary N) is 1. The number of hydrogen-bond donors (Lipinski definition) is 1. The third-order valence-corrected chi connectivity index (χ3v) is 6.46. The van der Waals surface area contributed by atoms with E-state index in [1.54, 1.807) is 7.11 Å². The van der Waals surface area contributed by atoms with Gasteiger partial charge in [0.05, 0.1) is 18.0 Å². The monoisotopic (exact) mass is 447 g/mol. The molecular weight excluding hydrogens is 418 g/mol. The van der Waals surface area contributed by atoms with Crippen LogP contribution in [-0.4, -0.2) is 77.6 Å². The van der Waals surface area contributed by atoms with Crippen molar-refractivity contribution >= 4 is 21.7 Å². The van der Waals surface area contributed by atoms with Crippen LogP contribution in [0.3, 0.4) is 0 Å². The molecule has 2 aromatic carbocycles. The molecule has 2 aromatic rings. The van der Waals surface area contributed by atoms with Gasteiger partial charge in [-0.1, -0.05) is 12.1 Å². The molecule has 0 aromatic heterocycles. The molecule has 0 fully saturated rings. The van der Waals surface area contributed by atoms with Crippen LogP contribution in [0, 0.1) is 0 Å². The van der Waals surface area contributed by atoms with Crippen LogP contribution in [0.4, 0.5) is 0 Å². The molecule has 9 heteroatoms. The minimum absolute atomic E-state index is 0.00167. The Kier molecular flexibility index (Phi) is 8.18. The summed E-state index contributed by atoms with van der Waals surface area (Å²) in [5.74, 6) is -0.700. The summed E-state index contributed by atoms with van der Waals surface area (Å²) in [4.78, 5) is 27.5. The van der Waals surface area contributed by atoms with Crippen LogP contribution in [-0.2, 0) is 14.6 Å². The molecule has 1 N–H and O–H groups in total. The molecular formula is C22H29N3O5S. The third kappa shape index (κ3) is 6.53. The normalized spacial score (nSPS) is 12.3. The van der Waals surface area contributed by atoms with E-state index in [1.807, 2.05) is 43.3 Å². The van der Waals surface area contributed by atoms with E-state index in [0.717, 1.165) is 11.3 Å². The number of rotatable bonds is 9. The number of methoxy groups -OCH3 is 1. The van der Waals surface area contributed by atoms with Crippen LogP contribution < -0.4 is 10.1 Å². The van der Waals surface area contributed by atoms with Crippen LogP contribution in [0.25, 0.3) is 0 Å². The average molecular weight is 448 g/mol. The Balaban J connectivity index is 2.08. The Labute approximate surface area is 183 Å². The average Bonchev–Trinajstić information content (AvgIpc) is 2.73. The third-order valence-electron chi connectivity index (χ3n) is 4.85. The fraction of sp³-hybridized carbons (Fsp3) is 0.364. The van der Waals surface area contributed by atoms with Crippen molar-refractivity contribution in [3.05, 3.63) is 59.7 Å². The Morgan fingerprint density at radius 1 is 1.03 bits per heavy atom. The first-order valence-electron chi connectivity index (χ1n) is 9.66. The van der Waals surface area contributed by atoms with E-state index in [0.29, 0.717) is 12.1 Å². The first-order chi connectivity index (χ1) is 14.5. The molecule has 1 atom stereocenters. The summed E-state index contributed by atoms with van der Waals surface area (Å²) in [5.41, 5.74) is 1.33. The van der Waals surface area contributed by atoms with Gasteiger partial charge in [-0.3, -0.25) is 9.59 Å². The van der Waals surface area contributed by atoms with Crippen LogP contribution in [0.5, 0.6) is 5.75 Å². The molecule has 2 rings (SSSR count). The van der Waals surface area contributed by atoms with Gasteiger partial charge in [-0.05, 0) is 56.1 Å². The van der Waals surface area contributed by atoms with Gasteiger partial charge in [0.1, 0.15) is 11.5 Å². The summed E-state index contributed by atoms with van der Waals surface area (Å²) in [6.45, 7) is 0.358. The predicted molar refractivity (Wildman–Crippen MR) is 119 cm³/mol. The van der Waals surface area contributed by atoms with Crippen molar-refractivity contribution in [3.8, 4) is 5.75 Å². The van der Waals surface area contributed by atoms with E-state index in [9.17, 15) is 18.0 Å². The molecule has 31 heavy (non-hydrogen) atoms. The molecule has 168 valence electrons. The lowest BCUT2D eigenvalue weighted by Crippen LogP contribution is -2.34. The number of amides is 2. The number of carbonyl (C=O) groups excluding carboxylic acids is 2. The van der Waals surface area contributed by atoms with E-state index < -0.39 is 21.5 Å². The van der Waals surface area contributed by atoms with Gasteiger partial charge in [-0.15, -0.1) is 0 Å². The second-order valence-electron chi connectivity index (χ2n) is 7.54. The summed E-state index contributed by atoms with van der Waals surface area (Å²) < 4.78 is 30.0. The first-order valence-corrected chi connectivity index (χ1v) is 11.3. The minimum atomic E-state index is -3.77. The Hall–Kier alpha value is -2.91. The summed E-state index contributed by atoms with van der Waals surface area (Å²) in [7, 11) is 4.67. The number of hydrogen-bond acceptors (Lipinski definition) is 6. The first kappa shape index (κ1) is 24.4. The van der Waals surface area contributed by atoms with Crippen molar-refractivity contribution in [1.29, 1.82) is 0 Å². The summed E-state index contributed by atoms with van der Waals surface area (Å²) in [6, 6.07) is 13.1. The van der Waals surface area contributed by atoms with Gasteiger partial charge in [0.15, 0.2) is 9.84 Å². The molecule has 0 aliphatic rings. The maximum absolute atomic E-state index is 12.6. The molecule has 0 radical (unpaired) electrons. The van der Waals surface area contributed by atoms with Gasteiger partial charge in [-0.25, -0.2) is 8.42 Å². The van der Waals surface area contributed by atoms with Crippen molar-refractivity contribution in [2.45, 2.75) is 10.9 Å². The van der Waals surface area contributed by atoms with Gasteiger partial charge < -0.3 is 19.9 Å². The van der Waals surface area contributed by atoms with Crippen LogP contribution in [0.1, 0.15) is 22.0 Å². The highest BCUT2D eigenvalue weighted by molar-refractivity contribution is 7.92. The molecule has 0 spiro atoms. The van der Waals surface area contributed by atoms with E-state index in [2.05, 4.69) is 5.32 Å². The molecule has 8 nitrogen and oxygen atoms in total. The zero-order valence-electron chi connectivity index (χ0n) is 18.5. The molecule has 2 amide bonds. The predicted octanol–water partition coefficient (Wildman–Crippen LogP) is 1.59. The quantitative estimate of drug-likeness (QED) is 0.627. The zero-order chi connectivity index (χ0) is 23.2. The van der Waals surface area contributed by atoms with Crippen molar-refractivity contribution in [2.75, 3.05) is 47.6 Å². The van der Waals surface area contributed by atoms with E-state index in [4.69, 9.17) is 4.74 Å². The summed E-state index contributed by atoms with van der Waals surface area (Å²) in [5, 5.41) is 2.89. The maximum atomic E-state index is 12.6.